The summed E-state index contributed by atoms with van der Waals surface area (Å²) >= 11 is 0. The number of ether oxygens (including phenoxy) is 3. The van der Waals surface area contributed by atoms with E-state index < -0.39 is 77.8 Å². The number of carbonyl (C=O) groups excluding carboxylic acids is 3. The van der Waals surface area contributed by atoms with E-state index in [4.69, 9.17) is 14.6 Å². The molecule has 0 aliphatic carbocycles. The smallest absolute Gasteiger partial charge is 0.415 e. The molecule has 1 saturated heterocycles. The van der Waals surface area contributed by atoms with Crippen LogP contribution < -0.4 is 19.5 Å². The number of benzene rings is 2. The number of rotatable bonds is 10. The second kappa shape index (κ2) is 12.9. The minimum atomic E-state index is -1.88. The van der Waals surface area contributed by atoms with Gasteiger partial charge in [0.05, 0.1) is 13.5 Å². The second-order valence-electron chi connectivity index (χ2n) is 8.49. The molecule has 1 aliphatic rings. The molecule has 0 saturated carbocycles. The Morgan fingerprint density at radius 2 is 1.62 bits per heavy atom. The first kappa shape index (κ1) is 29.2. The lowest BCUT2D eigenvalue weighted by molar-refractivity contribution is -0.141. The number of likely N-dealkylation sites (tertiary alicyclic amines) is 1. The number of carboxylic acids is 1. The van der Waals surface area contributed by atoms with Gasteiger partial charge in [-0.1, -0.05) is 12.1 Å². The van der Waals surface area contributed by atoms with Crippen LogP contribution in [0.1, 0.15) is 19.3 Å². The van der Waals surface area contributed by atoms with Crippen molar-refractivity contribution in [1.29, 1.82) is 0 Å². The van der Waals surface area contributed by atoms with Gasteiger partial charge in [0.2, 0.25) is 17.5 Å². The predicted octanol–water partition coefficient (Wildman–Crippen LogP) is 3.07. The fourth-order valence-electron chi connectivity index (χ4n) is 3.82. The zero-order chi connectivity index (χ0) is 28.7. The van der Waals surface area contributed by atoms with E-state index in [1.165, 1.54) is 12.0 Å². The largest absolute Gasteiger partial charge is 0.493 e. The van der Waals surface area contributed by atoms with Crippen LogP contribution in [0.2, 0.25) is 0 Å². The third-order valence-corrected chi connectivity index (χ3v) is 5.90. The fraction of sp³-hybridized carbons (Fsp3) is 0.360. The maximum Gasteiger partial charge on any atom is 0.415 e. The van der Waals surface area contributed by atoms with Gasteiger partial charge in [-0.25, -0.2) is 13.6 Å². The molecule has 2 aromatic carbocycles. The number of hydrogen-bond acceptors (Lipinski definition) is 7. The highest BCUT2D eigenvalue weighted by Crippen LogP contribution is 2.28. The van der Waals surface area contributed by atoms with E-state index in [2.05, 4.69) is 10.1 Å². The number of ketones is 1. The van der Waals surface area contributed by atoms with E-state index in [-0.39, 0.29) is 37.7 Å². The summed E-state index contributed by atoms with van der Waals surface area (Å²) in [5.74, 6) is -12.2. The molecular formula is C25H24F4N2O8. The standard InChI is InChI=1S/C25H24F4N2O8/c1-37-18-4-2-3-5-19(18)39-25(36)31-8-6-13(7-9-31)24(35)30-16(11-20(33)34)17(32)12-38-23-21(28)14(26)10-15(27)22(23)29/h2-5,10,13,16H,6-9,11-12H2,1H3,(H,30,35)(H,33,34)/t16-/m0/s1. The number of amides is 2. The van der Waals surface area contributed by atoms with Gasteiger partial charge in [0.25, 0.3) is 0 Å². The summed E-state index contributed by atoms with van der Waals surface area (Å²) in [6.45, 7) is -0.935. The summed E-state index contributed by atoms with van der Waals surface area (Å²) in [4.78, 5) is 50.4. The van der Waals surface area contributed by atoms with E-state index >= 15 is 0 Å². The van der Waals surface area contributed by atoms with Gasteiger partial charge in [-0.15, -0.1) is 0 Å². The highest BCUT2D eigenvalue weighted by molar-refractivity contribution is 5.93. The Kier molecular flexibility index (Phi) is 9.68. The molecule has 0 radical (unpaired) electrons. The Morgan fingerprint density at radius 3 is 2.18 bits per heavy atom. The van der Waals surface area contributed by atoms with E-state index in [1.807, 2.05) is 0 Å². The summed E-state index contributed by atoms with van der Waals surface area (Å²) < 4.78 is 69.3. The van der Waals surface area contributed by atoms with Gasteiger partial charge in [-0.2, -0.15) is 8.78 Å². The molecular weight excluding hydrogens is 532 g/mol. The van der Waals surface area contributed by atoms with E-state index in [9.17, 15) is 36.7 Å². The molecule has 1 fully saturated rings. The zero-order valence-electron chi connectivity index (χ0n) is 20.5. The Hall–Kier alpha value is -4.36. The SMILES string of the molecule is COc1ccccc1OC(=O)N1CCC(C(=O)N[C@@H](CC(=O)O)C(=O)COc2c(F)c(F)cc(F)c2F)CC1. The van der Waals surface area contributed by atoms with E-state index in [1.54, 1.807) is 24.3 Å². The van der Waals surface area contributed by atoms with Gasteiger partial charge >= 0.3 is 12.1 Å². The normalized spacial score (nSPS) is 14.3. The van der Waals surface area contributed by atoms with Crippen molar-refractivity contribution in [2.24, 2.45) is 5.92 Å². The van der Waals surface area contributed by atoms with Crippen LogP contribution in [0.4, 0.5) is 22.4 Å². The topological polar surface area (TPSA) is 131 Å². The predicted molar refractivity (Wildman–Crippen MR) is 124 cm³/mol. The molecule has 210 valence electrons. The van der Waals surface area contributed by atoms with E-state index in [0.717, 1.165) is 0 Å². The molecule has 14 heteroatoms. The summed E-state index contributed by atoms with van der Waals surface area (Å²) in [7, 11) is 1.42. The Labute approximate surface area is 219 Å². The van der Waals surface area contributed by atoms with Crippen LogP contribution in [-0.4, -0.2) is 66.6 Å². The average molecular weight is 556 g/mol. The lowest BCUT2D eigenvalue weighted by Gasteiger charge is -2.31. The van der Waals surface area contributed by atoms with Gasteiger partial charge in [0.1, 0.15) is 12.6 Å². The number of piperidine rings is 1. The highest BCUT2D eigenvalue weighted by Gasteiger charge is 2.32. The number of hydrogen-bond donors (Lipinski definition) is 2. The van der Waals surface area contributed by atoms with Gasteiger partial charge < -0.3 is 29.5 Å². The Balaban J connectivity index is 1.57. The van der Waals surface area contributed by atoms with E-state index in [0.29, 0.717) is 5.75 Å². The molecule has 39 heavy (non-hydrogen) atoms. The maximum absolute atomic E-state index is 13.8. The van der Waals surface area contributed by atoms with Crippen LogP contribution in [-0.2, 0) is 14.4 Å². The van der Waals surface area contributed by atoms with Crippen molar-refractivity contribution in [3.63, 3.8) is 0 Å². The first-order chi connectivity index (χ1) is 18.5. The first-order valence-corrected chi connectivity index (χ1v) is 11.6. The third kappa shape index (κ3) is 7.36. The molecule has 1 heterocycles. The third-order valence-electron chi connectivity index (χ3n) is 5.90. The molecule has 2 amide bonds. The monoisotopic (exact) mass is 556 g/mol. The van der Waals surface area contributed by atoms with Crippen LogP contribution in [0.25, 0.3) is 0 Å². The fourth-order valence-corrected chi connectivity index (χ4v) is 3.82. The van der Waals surface area contributed by atoms with Crippen molar-refractivity contribution in [2.75, 3.05) is 26.8 Å². The van der Waals surface area contributed by atoms with Crippen molar-refractivity contribution < 1.29 is 56.1 Å². The summed E-state index contributed by atoms with van der Waals surface area (Å²) in [6, 6.07) is 4.82. The van der Waals surface area contributed by atoms with Crippen molar-refractivity contribution >= 4 is 23.8 Å². The van der Waals surface area contributed by atoms with Crippen molar-refractivity contribution in [3.8, 4) is 17.2 Å². The highest BCUT2D eigenvalue weighted by atomic mass is 19.2. The van der Waals surface area contributed by atoms with Crippen molar-refractivity contribution in [3.05, 3.63) is 53.6 Å². The zero-order valence-corrected chi connectivity index (χ0v) is 20.5. The number of carbonyl (C=O) groups is 4. The number of halogens is 4. The number of Topliss-reactive ketones (excluding diaryl/α,β-unsaturated/α-hetero) is 1. The molecule has 0 bridgehead atoms. The number of nitrogens with zero attached hydrogens (tertiary/aromatic N) is 1. The minimum Gasteiger partial charge on any atom is -0.493 e. The number of aliphatic carboxylic acids is 1. The number of para-hydroxylation sites is 2. The molecule has 0 unspecified atom stereocenters. The van der Waals surface area contributed by atoms with Gasteiger partial charge in [-0.05, 0) is 25.0 Å². The molecule has 1 aliphatic heterocycles. The van der Waals surface area contributed by atoms with Crippen molar-refractivity contribution in [1.82, 2.24) is 10.2 Å². The lowest BCUT2D eigenvalue weighted by Crippen LogP contribution is -2.49. The van der Waals surface area contributed by atoms with Gasteiger partial charge in [-0.3, -0.25) is 14.4 Å². The summed E-state index contributed by atoms with van der Waals surface area (Å²) in [5, 5.41) is 11.4. The molecule has 1 atom stereocenters. The molecule has 0 aromatic heterocycles. The van der Waals surface area contributed by atoms with Crippen LogP contribution in [0, 0.1) is 29.2 Å². The molecule has 10 nitrogen and oxygen atoms in total. The van der Waals surface area contributed by atoms with Gasteiger partial charge in [0.15, 0.2) is 34.7 Å². The molecule has 0 spiro atoms. The Bertz CT molecular complexity index is 1220. The van der Waals surface area contributed by atoms with Crippen molar-refractivity contribution in [2.45, 2.75) is 25.3 Å². The second-order valence-corrected chi connectivity index (χ2v) is 8.49. The molecule has 3 rings (SSSR count). The minimum absolute atomic E-state index is 0.0453. The quantitative estimate of drug-likeness (QED) is 0.337. The maximum atomic E-state index is 13.8. The van der Waals surface area contributed by atoms with Crippen LogP contribution in [0.5, 0.6) is 17.2 Å². The van der Waals surface area contributed by atoms with Crippen LogP contribution >= 0.6 is 0 Å². The number of carboxylic acid groups (broad SMARTS) is 1. The van der Waals surface area contributed by atoms with Crippen LogP contribution in [0.3, 0.4) is 0 Å². The first-order valence-electron chi connectivity index (χ1n) is 11.6. The summed E-state index contributed by atoms with van der Waals surface area (Å²) in [5.41, 5.74) is 0. The number of methoxy groups -OCH3 is 1. The average Bonchev–Trinajstić information content (AvgIpc) is 2.91. The lowest BCUT2D eigenvalue weighted by atomic mass is 9.95. The summed E-state index contributed by atoms with van der Waals surface area (Å²) in [6.07, 6.45) is -1.23. The number of nitrogens with one attached hydrogen (secondary N) is 1. The Morgan fingerprint density at radius 1 is 1.03 bits per heavy atom. The molecule has 2 N–H and O–H groups in total. The molecule has 2 aromatic rings. The van der Waals surface area contributed by atoms with Crippen LogP contribution in [0.15, 0.2) is 30.3 Å². The van der Waals surface area contributed by atoms with Gasteiger partial charge in [0, 0.05) is 25.1 Å².